The molecule has 114 valence electrons. The third-order valence-corrected chi connectivity index (χ3v) is 2.77. The average molecular weight is 303 g/mol. The predicted molar refractivity (Wildman–Crippen MR) is 78.3 cm³/mol. The number of para-hydroxylation sites is 1. The molecule has 0 radical (unpaired) electrons. The van der Waals surface area contributed by atoms with E-state index in [4.69, 9.17) is 4.74 Å². The van der Waals surface area contributed by atoms with Gasteiger partial charge >= 0.3 is 5.97 Å². The molecule has 0 aliphatic heterocycles. The number of anilines is 1. The molecule has 2 aromatic carbocycles. The highest BCUT2D eigenvalue weighted by Gasteiger charge is 2.09. The van der Waals surface area contributed by atoms with Gasteiger partial charge in [-0.1, -0.05) is 18.2 Å². The van der Waals surface area contributed by atoms with Gasteiger partial charge in [-0.05, 0) is 30.3 Å². The van der Waals surface area contributed by atoms with Gasteiger partial charge in [0, 0.05) is 0 Å². The lowest BCUT2D eigenvalue weighted by atomic mass is 10.2. The Labute approximate surface area is 126 Å². The molecular weight excluding hydrogens is 289 g/mol. The maximum atomic E-state index is 13.4. The van der Waals surface area contributed by atoms with Crippen LogP contribution in [0.1, 0.15) is 10.4 Å². The number of ether oxygens (including phenoxy) is 2. The summed E-state index contributed by atoms with van der Waals surface area (Å²) in [6.07, 6.45) is 0. The number of halogens is 1. The highest BCUT2D eigenvalue weighted by molar-refractivity contribution is 5.92. The van der Waals surface area contributed by atoms with Crippen LogP contribution in [-0.2, 0) is 9.53 Å². The van der Waals surface area contributed by atoms with Gasteiger partial charge in [-0.3, -0.25) is 4.79 Å². The van der Waals surface area contributed by atoms with Crippen molar-refractivity contribution in [3.05, 3.63) is 59.9 Å². The van der Waals surface area contributed by atoms with E-state index in [2.05, 4.69) is 10.1 Å². The summed E-state index contributed by atoms with van der Waals surface area (Å²) in [5.74, 6) is -1.19. The zero-order valence-corrected chi connectivity index (χ0v) is 11.8. The summed E-state index contributed by atoms with van der Waals surface area (Å²) < 4.78 is 23.3. The number of carbonyl (C=O) groups excluding carboxylic acids is 2. The number of esters is 1. The van der Waals surface area contributed by atoms with E-state index in [1.54, 1.807) is 24.3 Å². The summed E-state index contributed by atoms with van der Waals surface area (Å²) in [6, 6.07) is 12.1. The van der Waals surface area contributed by atoms with Crippen molar-refractivity contribution in [2.24, 2.45) is 0 Å². The van der Waals surface area contributed by atoms with Crippen molar-refractivity contribution < 1.29 is 23.5 Å². The smallest absolute Gasteiger partial charge is 0.337 e. The highest BCUT2D eigenvalue weighted by Crippen LogP contribution is 2.15. The first-order valence-electron chi connectivity index (χ1n) is 6.45. The van der Waals surface area contributed by atoms with Crippen LogP contribution < -0.4 is 10.1 Å². The lowest BCUT2D eigenvalue weighted by Crippen LogP contribution is -2.20. The van der Waals surface area contributed by atoms with Crippen LogP contribution in [0.2, 0.25) is 0 Å². The molecular formula is C16H14FNO4. The lowest BCUT2D eigenvalue weighted by molar-refractivity contribution is -0.118. The van der Waals surface area contributed by atoms with Gasteiger partial charge in [0.1, 0.15) is 11.6 Å². The molecule has 0 aromatic heterocycles. The third-order valence-electron chi connectivity index (χ3n) is 2.77. The Balaban J connectivity index is 1.94. The van der Waals surface area contributed by atoms with E-state index in [0.29, 0.717) is 11.3 Å². The van der Waals surface area contributed by atoms with E-state index in [1.807, 2.05) is 0 Å². The van der Waals surface area contributed by atoms with Gasteiger partial charge in [-0.25, -0.2) is 9.18 Å². The molecule has 0 fully saturated rings. The van der Waals surface area contributed by atoms with E-state index in [1.165, 1.54) is 31.4 Å². The minimum Gasteiger partial charge on any atom is -0.484 e. The molecule has 0 atom stereocenters. The molecule has 0 saturated carbocycles. The zero-order valence-electron chi connectivity index (χ0n) is 11.8. The monoisotopic (exact) mass is 303 g/mol. The third kappa shape index (κ3) is 4.05. The first kappa shape index (κ1) is 15.5. The predicted octanol–water partition coefficient (Wildman–Crippen LogP) is 2.63. The number of hydrogen-bond donors (Lipinski definition) is 1. The van der Waals surface area contributed by atoms with Gasteiger partial charge in [0.25, 0.3) is 5.91 Å². The molecule has 0 unspecified atom stereocenters. The number of nitrogens with one attached hydrogen (secondary N) is 1. The number of rotatable bonds is 5. The maximum Gasteiger partial charge on any atom is 0.337 e. The minimum absolute atomic E-state index is 0.0828. The van der Waals surface area contributed by atoms with Crippen molar-refractivity contribution in [2.75, 3.05) is 19.0 Å². The lowest BCUT2D eigenvalue weighted by Gasteiger charge is -2.09. The van der Waals surface area contributed by atoms with Gasteiger partial charge in [0.15, 0.2) is 6.61 Å². The normalized spacial score (nSPS) is 9.91. The van der Waals surface area contributed by atoms with Crippen molar-refractivity contribution in [3.63, 3.8) is 0 Å². The van der Waals surface area contributed by atoms with Crippen molar-refractivity contribution in [1.29, 1.82) is 0 Å². The molecule has 2 rings (SSSR count). The fourth-order valence-electron chi connectivity index (χ4n) is 1.73. The van der Waals surface area contributed by atoms with Crippen LogP contribution in [0.4, 0.5) is 10.1 Å². The first-order valence-corrected chi connectivity index (χ1v) is 6.45. The molecule has 0 bridgehead atoms. The molecule has 0 aliphatic rings. The second-order valence-electron chi connectivity index (χ2n) is 4.34. The minimum atomic E-state index is -0.525. The summed E-state index contributed by atoms with van der Waals surface area (Å²) in [7, 11) is 1.28. The summed E-state index contributed by atoms with van der Waals surface area (Å²) in [5.41, 5.74) is 0.397. The van der Waals surface area contributed by atoms with Gasteiger partial charge in [0.2, 0.25) is 0 Å². The van der Waals surface area contributed by atoms with Gasteiger partial charge in [-0.15, -0.1) is 0 Å². The van der Waals surface area contributed by atoms with Crippen LogP contribution in [0.5, 0.6) is 5.75 Å². The number of carbonyl (C=O) groups is 2. The first-order chi connectivity index (χ1) is 10.6. The standard InChI is InChI=1S/C16H14FNO4/c1-21-16(20)11-5-4-6-12(9-11)22-10-15(19)18-14-8-3-2-7-13(14)17/h2-9H,10H2,1H3,(H,18,19). The number of hydrogen-bond acceptors (Lipinski definition) is 4. The molecule has 2 aromatic rings. The Morgan fingerprint density at radius 3 is 2.64 bits per heavy atom. The highest BCUT2D eigenvalue weighted by atomic mass is 19.1. The van der Waals surface area contributed by atoms with Crippen molar-refractivity contribution >= 4 is 17.6 Å². The number of benzene rings is 2. The van der Waals surface area contributed by atoms with Crippen LogP contribution in [0, 0.1) is 5.82 Å². The van der Waals surface area contributed by atoms with E-state index in [9.17, 15) is 14.0 Å². The van der Waals surface area contributed by atoms with Crippen LogP contribution in [0.3, 0.4) is 0 Å². The Morgan fingerprint density at radius 1 is 1.14 bits per heavy atom. The van der Waals surface area contributed by atoms with Gasteiger partial charge < -0.3 is 14.8 Å². The molecule has 22 heavy (non-hydrogen) atoms. The largest absolute Gasteiger partial charge is 0.484 e. The van der Waals surface area contributed by atoms with Crippen molar-refractivity contribution in [2.45, 2.75) is 0 Å². The fourth-order valence-corrected chi connectivity index (χ4v) is 1.73. The fraction of sp³-hybridized carbons (Fsp3) is 0.125. The SMILES string of the molecule is COC(=O)c1cccc(OCC(=O)Nc2ccccc2F)c1. The van der Waals surface area contributed by atoms with E-state index in [0.717, 1.165) is 0 Å². The molecule has 1 amide bonds. The van der Waals surface area contributed by atoms with Gasteiger partial charge in [-0.2, -0.15) is 0 Å². The summed E-state index contributed by atoms with van der Waals surface area (Å²) in [4.78, 5) is 23.1. The molecule has 0 aliphatic carbocycles. The van der Waals surface area contributed by atoms with Crippen LogP contribution in [0.25, 0.3) is 0 Å². The molecule has 0 saturated heterocycles. The van der Waals surface area contributed by atoms with E-state index >= 15 is 0 Å². The maximum absolute atomic E-state index is 13.4. The van der Waals surface area contributed by atoms with Crippen molar-refractivity contribution in [1.82, 2.24) is 0 Å². The molecule has 0 spiro atoms. The number of methoxy groups -OCH3 is 1. The molecule has 1 N–H and O–H groups in total. The molecule has 5 nitrogen and oxygen atoms in total. The van der Waals surface area contributed by atoms with Crippen LogP contribution in [-0.4, -0.2) is 25.6 Å². The van der Waals surface area contributed by atoms with Gasteiger partial charge in [0.05, 0.1) is 18.4 Å². The Bertz CT molecular complexity index is 687. The second kappa shape index (κ2) is 7.21. The summed E-state index contributed by atoms with van der Waals surface area (Å²) in [6.45, 7) is -0.307. The Hall–Kier alpha value is -2.89. The Morgan fingerprint density at radius 2 is 1.91 bits per heavy atom. The Kier molecular flexibility index (Phi) is 5.08. The topological polar surface area (TPSA) is 64.6 Å². The molecule has 6 heteroatoms. The second-order valence-corrected chi connectivity index (χ2v) is 4.34. The quantitative estimate of drug-likeness (QED) is 0.862. The average Bonchev–Trinajstić information content (AvgIpc) is 2.54. The molecule has 0 heterocycles. The van der Waals surface area contributed by atoms with Crippen LogP contribution in [0.15, 0.2) is 48.5 Å². The van der Waals surface area contributed by atoms with Crippen molar-refractivity contribution in [3.8, 4) is 5.75 Å². The van der Waals surface area contributed by atoms with E-state index in [-0.39, 0.29) is 12.3 Å². The zero-order chi connectivity index (χ0) is 15.9. The van der Waals surface area contributed by atoms with E-state index < -0.39 is 17.7 Å². The number of amides is 1. The summed E-state index contributed by atoms with van der Waals surface area (Å²) in [5, 5.41) is 2.40. The van der Waals surface area contributed by atoms with Crippen LogP contribution >= 0.6 is 0 Å². The summed E-state index contributed by atoms with van der Waals surface area (Å²) >= 11 is 0.